The van der Waals surface area contributed by atoms with E-state index in [0.717, 1.165) is 31.7 Å². The monoisotopic (exact) mass is 248 g/mol. The van der Waals surface area contributed by atoms with Crippen LogP contribution in [0.3, 0.4) is 0 Å². The van der Waals surface area contributed by atoms with Crippen molar-refractivity contribution in [1.29, 1.82) is 0 Å². The molecule has 0 saturated carbocycles. The number of nitrogens with zero attached hydrogens (tertiary/aromatic N) is 1. The van der Waals surface area contributed by atoms with Crippen LogP contribution in [0.5, 0.6) is 5.75 Å². The van der Waals surface area contributed by atoms with Crippen LogP contribution < -0.4 is 10.1 Å². The Kier molecular flexibility index (Phi) is 4.88. The Morgan fingerprint density at radius 2 is 1.78 bits per heavy atom. The van der Waals surface area contributed by atoms with Gasteiger partial charge >= 0.3 is 6.03 Å². The molecule has 0 radical (unpaired) electrons. The van der Waals surface area contributed by atoms with E-state index in [1.54, 1.807) is 0 Å². The second kappa shape index (κ2) is 6.89. The molecule has 4 nitrogen and oxygen atoms in total. The zero-order valence-corrected chi connectivity index (χ0v) is 10.6. The Morgan fingerprint density at radius 1 is 1.11 bits per heavy atom. The van der Waals surface area contributed by atoms with Gasteiger partial charge < -0.3 is 15.0 Å². The summed E-state index contributed by atoms with van der Waals surface area (Å²) in [5.41, 5.74) is 0. The third-order valence-corrected chi connectivity index (χ3v) is 3.10. The van der Waals surface area contributed by atoms with E-state index in [9.17, 15) is 4.79 Å². The molecule has 0 aromatic heterocycles. The molecule has 0 unspecified atom stereocenters. The van der Waals surface area contributed by atoms with Gasteiger partial charge in [-0.15, -0.1) is 0 Å². The first-order valence-electron chi connectivity index (χ1n) is 6.57. The van der Waals surface area contributed by atoms with Gasteiger partial charge in [0.15, 0.2) is 6.73 Å². The molecule has 1 aromatic carbocycles. The molecule has 1 saturated heterocycles. The number of hydrogen-bond acceptors (Lipinski definition) is 2. The zero-order chi connectivity index (χ0) is 12.6. The van der Waals surface area contributed by atoms with E-state index in [2.05, 4.69) is 5.32 Å². The Morgan fingerprint density at radius 3 is 2.44 bits per heavy atom. The Hall–Kier alpha value is -1.71. The lowest BCUT2D eigenvalue weighted by Gasteiger charge is -2.20. The van der Waals surface area contributed by atoms with Gasteiger partial charge in [0, 0.05) is 13.1 Å². The number of likely N-dealkylation sites (tertiary alicyclic amines) is 1. The summed E-state index contributed by atoms with van der Waals surface area (Å²) < 4.78 is 5.44. The Labute approximate surface area is 108 Å². The number of benzene rings is 1. The van der Waals surface area contributed by atoms with Gasteiger partial charge in [-0.3, -0.25) is 0 Å². The number of hydrogen-bond donors (Lipinski definition) is 1. The molecule has 4 heteroatoms. The molecular weight excluding hydrogens is 228 g/mol. The fourth-order valence-corrected chi connectivity index (χ4v) is 2.08. The maximum atomic E-state index is 11.9. The molecule has 2 amide bonds. The predicted molar refractivity (Wildman–Crippen MR) is 70.5 cm³/mol. The van der Waals surface area contributed by atoms with Crippen LogP contribution in [0.4, 0.5) is 4.79 Å². The van der Waals surface area contributed by atoms with Gasteiger partial charge in [0.25, 0.3) is 0 Å². The highest BCUT2D eigenvalue weighted by Crippen LogP contribution is 2.10. The first-order valence-corrected chi connectivity index (χ1v) is 6.57. The molecule has 0 aliphatic carbocycles. The number of carbonyl (C=O) groups excluding carboxylic acids is 1. The van der Waals surface area contributed by atoms with Gasteiger partial charge in [0.2, 0.25) is 0 Å². The van der Waals surface area contributed by atoms with Crippen molar-refractivity contribution in [2.75, 3.05) is 19.8 Å². The van der Waals surface area contributed by atoms with Crippen LogP contribution in [0.1, 0.15) is 25.7 Å². The van der Waals surface area contributed by atoms with Crippen molar-refractivity contribution >= 4 is 6.03 Å². The predicted octanol–water partition coefficient (Wildman–Crippen LogP) is 2.61. The molecule has 1 N–H and O–H groups in total. The number of urea groups is 1. The molecule has 0 spiro atoms. The molecular formula is C14H20N2O2. The fourth-order valence-electron chi connectivity index (χ4n) is 2.08. The largest absolute Gasteiger partial charge is 0.473 e. The molecule has 98 valence electrons. The molecule has 0 bridgehead atoms. The van der Waals surface area contributed by atoms with Crippen LogP contribution in [-0.2, 0) is 0 Å². The highest BCUT2D eigenvalue weighted by molar-refractivity contribution is 5.74. The average Bonchev–Trinajstić information content (AvgIpc) is 2.69. The quantitative estimate of drug-likeness (QED) is 0.835. The Bertz CT molecular complexity index is 359. The molecule has 2 rings (SSSR count). The second-order valence-electron chi connectivity index (χ2n) is 4.48. The second-order valence-corrected chi connectivity index (χ2v) is 4.48. The maximum absolute atomic E-state index is 11.9. The minimum absolute atomic E-state index is 0.0205. The zero-order valence-electron chi connectivity index (χ0n) is 10.6. The number of nitrogens with one attached hydrogen (secondary N) is 1. The summed E-state index contributed by atoms with van der Waals surface area (Å²) in [4.78, 5) is 13.8. The fraction of sp³-hybridized carbons (Fsp3) is 0.500. The van der Waals surface area contributed by atoms with Crippen LogP contribution >= 0.6 is 0 Å². The van der Waals surface area contributed by atoms with Gasteiger partial charge in [0.05, 0.1) is 0 Å². The summed E-state index contributed by atoms with van der Waals surface area (Å²) in [5, 5.41) is 2.79. The third-order valence-electron chi connectivity index (χ3n) is 3.10. The lowest BCUT2D eigenvalue weighted by atomic mass is 10.2. The van der Waals surface area contributed by atoms with Crippen LogP contribution in [0.15, 0.2) is 30.3 Å². The molecule has 0 atom stereocenters. The minimum atomic E-state index is -0.0205. The van der Waals surface area contributed by atoms with Gasteiger partial charge in [0.1, 0.15) is 5.75 Å². The number of amides is 2. The summed E-state index contributed by atoms with van der Waals surface area (Å²) in [7, 11) is 0. The van der Waals surface area contributed by atoms with E-state index in [0.29, 0.717) is 0 Å². The van der Waals surface area contributed by atoms with Gasteiger partial charge in [-0.2, -0.15) is 0 Å². The van der Waals surface area contributed by atoms with E-state index in [-0.39, 0.29) is 12.8 Å². The lowest BCUT2D eigenvalue weighted by molar-refractivity contribution is 0.186. The molecule has 1 aliphatic heterocycles. The van der Waals surface area contributed by atoms with E-state index in [1.807, 2.05) is 35.2 Å². The number of carbonyl (C=O) groups is 1. The summed E-state index contributed by atoms with van der Waals surface area (Å²) in [6.07, 6.45) is 4.66. The number of ether oxygens (including phenoxy) is 1. The van der Waals surface area contributed by atoms with Gasteiger partial charge in [-0.1, -0.05) is 31.0 Å². The molecule has 1 aromatic rings. The Balaban J connectivity index is 1.71. The normalized spacial score (nSPS) is 15.9. The average molecular weight is 248 g/mol. The van der Waals surface area contributed by atoms with Crippen LogP contribution in [0, 0.1) is 0 Å². The van der Waals surface area contributed by atoms with Crippen molar-refractivity contribution in [3.63, 3.8) is 0 Å². The van der Waals surface area contributed by atoms with E-state index >= 15 is 0 Å². The number of rotatable bonds is 3. The maximum Gasteiger partial charge on any atom is 0.320 e. The van der Waals surface area contributed by atoms with Crippen molar-refractivity contribution in [1.82, 2.24) is 10.2 Å². The highest BCUT2D eigenvalue weighted by atomic mass is 16.5. The van der Waals surface area contributed by atoms with Gasteiger partial charge in [-0.25, -0.2) is 4.79 Å². The summed E-state index contributed by atoms with van der Waals surface area (Å²) >= 11 is 0. The molecule has 18 heavy (non-hydrogen) atoms. The SMILES string of the molecule is O=C(NCOc1ccccc1)N1CCCCCC1. The number of para-hydroxylation sites is 1. The lowest BCUT2D eigenvalue weighted by Crippen LogP contribution is -2.41. The van der Waals surface area contributed by atoms with E-state index in [1.165, 1.54) is 12.8 Å². The van der Waals surface area contributed by atoms with Crippen LogP contribution in [0.25, 0.3) is 0 Å². The van der Waals surface area contributed by atoms with E-state index < -0.39 is 0 Å². The highest BCUT2D eigenvalue weighted by Gasteiger charge is 2.14. The van der Waals surface area contributed by atoms with Crippen molar-refractivity contribution in [3.8, 4) is 5.75 Å². The topological polar surface area (TPSA) is 41.6 Å². The first kappa shape index (κ1) is 12.7. The van der Waals surface area contributed by atoms with Crippen LogP contribution in [0.2, 0.25) is 0 Å². The molecule has 1 aliphatic rings. The molecule has 1 fully saturated rings. The van der Waals surface area contributed by atoms with Crippen LogP contribution in [-0.4, -0.2) is 30.8 Å². The van der Waals surface area contributed by atoms with Crippen molar-refractivity contribution < 1.29 is 9.53 Å². The summed E-state index contributed by atoms with van der Waals surface area (Å²) in [6.45, 7) is 1.94. The smallest absolute Gasteiger partial charge is 0.320 e. The van der Waals surface area contributed by atoms with Crippen molar-refractivity contribution in [2.24, 2.45) is 0 Å². The summed E-state index contributed by atoms with van der Waals surface area (Å²) in [6, 6.07) is 9.48. The molecule has 1 heterocycles. The van der Waals surface area contributed by atoms with Gasteiger partial charge in [-0.05, 0) is 25.0 Å². The first-order chi connectivity index (χ1) is 8.86. The third kappa shape index (κ3) is 3.95. The van der Waals surface area contributed by atoms with Crippen molar-refractivity contribution in [3.05, 3.63) is 30.3 Å². The standard InChI is InChI=1S/C14H20N2O2/c17-14(16-10-6-1-2-7-11-16)15-12-18-13-8-4-3-5-9-13/h3-5,8-9H,1-2,6-7,10-12H2,(H,15,17). The van der Waals surface area contributed by atoms with E-state index in [4.69, 9.17) is 4.74 Å². The van der Waals surface area contributed by atoms with Crippen molar-refractivity contribution in [2.45, 2.75) is 25.7 Å². The minimum Gasteiger partial charge on any atom is -0.473 e. The summed E-state index contributed by atoms with van der Waals surface area (Å²) in [5.74, 6) is 0.772.